The molecule has 54 valence electrons. The van der Waals surface area contributed by atoms with Crippen molar-refractivity contribution in [3.8, 4) is 0 Å². The van der Waals surface area contributed by atoms with E-state index < -0.39 is 0 Å². The van der Waals surface area contributed by atoms with Gasteiger partial charge in [0.2, 0.25) is 0 Å². The molecule has 0 aromatic carbocycles. The van der Waals surface area contributed by atoms with Crippen LogP contribution < -0.4 is 0 Å². The summed E-state index contributed by atoms with van der Waals surface area (Å²) in [4.78, 5) is 5.94. The molecule has 0 atom stereocenters. The van der Waals surface area contributed by atoms with Gasteiger partial charge in [0.1, 0.15) is 5.69 Å². The second kappa shape index (κ2) is 3.00. The van der Waals surface area contributed by atoms with Crippen molar-refractivity contribution in [2.45, 2.75) is 0 Å². The fourth-order valence-electron chi connectivity index (χ4n) is 0.497. The molecule has 4 heteroatoms. The lowest BCUT2D eigenvalue weighted by Gasteiger charge is -1.99. The van der Waals surface area contributed by atoms with Crippen LogP contribution in [0.15, 0.2) is 17.4 Å². The van der Waals surface area contributed by atoms with Crippen molar-refractivity contribution >= 4 is 12.0 Å². The van der Waals surface area contributed by atoms with Crippen molar-refractivity contribution < 1.29 is 0 Å². The number of rotatable bonds is 2. The maximum absolute atomic E-state index is 4.07. The van der Waals surface area contributed by atoms with Crippen LogP contribution in [0.3, 0.4) is 0 Å². The van der Waals surface area contributed by atoms with E-state index in [9.17, 15) is 0 Å². The second-order valence-corrected chi connectivity index (χ2v) is 2.16. The van der Waals surface area contributed by atoms with Crippen LogP contribution in [-0.2, 0) is 0 Å². The summed E-state index contributed by atoms with van der Waals surface area (Å²) in [6, 6.07) is 0. The summed E-state index contributed by atoms with van der Waals surface area (Å²) in [6.45, 7) is 0. The summed E-state index contributed by atoms with van der Waals surface area (Å²) >= 11 is 0. The van der Waals surface area contributed by atoms with Gasteiger partial charge in [-0.2, -0.15) is 5.10 Å². The Bertz CT molecular complexity index is 200. The number of H-pyrrole nitrogens is 1. The van der Waals surface area contributed by atoms with Gasteiger partial charge in [-0.25, -0.2) is 4.99 Å². The Hall–Kier alpha value is -1.32. The first-order valence-corrected chi connectivity index (χ1v) is 2.98. The third kappa shape index (κ3) is 1.89. The minimum atomic E-state index is 0.841. The number of aromatic nitrogens is 2. The minimum Gasteiger partial charge on any atom is -0.369 e. The number of aliphatic imine (C=N–C) groups is 1. The van der Waals surface area contributed by atoms with Crippen LogP contribution in [-0.4, -0.2) is 35.5 Å². The van der Waals surface area contributed by atoms with Crippen molar-refractivity contribution in [1.29, 1.82) is 0 Å². The zero-order chi connectivity index (χ0) is 7.40. The Morgan fingerprint density at radius 3 is 3.00 bits per heavy atom. The van der Waals surface area contributed by atoms with Crippen LogP contribution in [0.1, 0.15) is 0 Å². The van der Waals surface area contributed by atoms with E-state index >= 15 is 0 Å². The third-order valence-electron chi connectivity index (χ3n) is 0.922. The van der Waals surface area contributed by atoms with E-state index in [0.29, 0.717) is 0 Å². The highest BCUT2D eigenvalue weighted by Crippen LogP contribution is 2.04. The fourth-order valence-corrected chi connectivity index (χ4v) is 0.497. The second-order valence-electron chi connectivity index (χ2n) is 2.16. The zero-order valence-electron chi connectivity index (χ0n) is 6.07. The van der Waals surface area contributed by atoms with Crippen LogP contribution in [0.25, 0.3) is 0 Å². The van der Waals surface area contributed by atoms with Gasteiger partial charge >= 0.3 is 0 Å². The molecule has 1 N–H and O–H groups in total. The maximum atomic E-state index is 4.07. The molecule has 0 fully saturated rings. The summed E-state index contributed by atoms with van der Waals surface area (Å²) < 4.78 is 0. The van der Waals surface area contributed by atoms with Crippen LogP contribution >= 0.6 is 0 Å². The summed E-state index contributed by atoms with van der Waals surface area (Å²) in [5.41, 5.74) is 0.841. The number of aromatic amines is 1. The highest BCUT2D eigenvalue weighted by atomic mass is 15.1. The van der Waals surface area contributed by atoms with Gasteiger partial charge in [0.25, 0.3) is 0 Å². The van der Waals surface area contributed by atoms with Crippen molar-refractivity contribution in [3.05, 3.63) is 12.4 Å². The first-order chi connectivity index (χ1) is 4.79. The summed E-state index contributed by atoms with van der Waals surface area (Å²) in [6.07, 6.45) is 5.13. The van der Waals surface area contributed by atoms with Crippen LogP contribution in [0, 0.1) is 0 Å². The Morgan fingerprint density at radius 2 is 2.50 bits per heavy atom. The molecular weight excluding hydrogens is 128 g/mol. The molecule has 0 aliphatic rings. The molecule has 0 unspecified atom stereocenters. The van der Waals surface area contributed by atoms with Gasteiger partial charge in [-0.1, -0.05) is 0 Å². The van der Waals surface area contributed by atoms with E-state index in [4.69, 9.17) is 0 Å². The lowest BCUT2D eigenvalue weighted by molar-refractivity contribution is 0.643. The molecule has 0 spiro atoms. The Labute approximate surface area is 59.6 Å². The predicted molar refractivity (Wildman–Crippen MR) is 40.4 cm³/mol. The lowest BCUT2D eigenvalue weighted by atomic mass is 10.6. The van der Waals surface area contributed by atoms with E-state index in [1.165, 1.54) is 0 Å². The summed E-state index contributed by atoms with van der Waals surface area (Å²) in [5.74, 6) is 0. The molecule has 0 saturated heterocycles. The van der Waals surface area contributed by atoms with E-state index in [2.05, 4.69) is 15.2 Å². The van der Waals surface area contributed by atoms with Gasteiger partial charge in [-0.05, 0) is 0 Å². The maximum Gasteiger partial charge on any atom is 0.102 e. The van der Waals surface area contributed by atoms with E-state index in [1.807, 2.05) is 19.0 Å². The van der Waals surface area contributed by atoms with Crippen molar-refractivity contribution in [2.75, 3.05) is 14.1 Å². The highest BCUT2D eigenvalue weighted by molar-refractivity contribution is 5.59. The van der Waals surface area contributed by atoms with Crippen LogP contribution in [0.5, 0.6) is 0 Å². The molecule has 1 aromatic heterocycles. The van der Waals surface area contributed by atoms with Gasteiger partial charge in [0, 0.05) is 20.3 Å². The average Bonchev–Trinajstić information content (AvgIpc) is 2.34. The molecule has 0 amide bonds. The largest absolute Gasteiger partial charge is 0.369 e. The normalized spacial score (nSPS) is 10.6. The lowest BCUT2D eigenvalue weighted by Crippen LogP contribution is -2.06. The Morgan fingerprint density at radius 1 is 1.70 bits per heavy atom. The molecule has 0 aliphatic carbocycles. The number of nitrogens with zero attached hydrogens (tertiary/aromatic N) is 3. The van der Waals surface area contributed by atoms with Crippen molar-refractivity contribution in [1.82, 2.24) is 15.1 Å². The molecule has 0 aliphatic heterocycles. The SMILES string of the molecule is CN(C)C=Nc1cn[nH]c1. The molecular formula is C6H10N4. The zero-order valence-corrected chi connectivity index (χ0v) is 6.07. The average molecular weight is 138 g/mol. The standard InChI is InChI=1S/C6H10N4/c1-10(2)5-7-6-3-8-9-4-6/h3-5H,1-2H3,(H,8,9). The highest BCUT2D eigenvalue weighted by Gasteiger charge is 1.85. The van der Waals surface area contributed by atoms with Gasteiger partial charge < -0.3 is 4.90 Å². The molecule has 0 bridgehead atoms. The van der Waals surface area contributed by atoms with Crippen molar-refractivity contribution in [3.63, 3.8) is 0 Å². The first-order valence-electron chi connectivity index (χ1n) is 2.98. The summed E-state index contributed by atoms with van der Waals surface area (Å²) in [5, 5.41) is 6.41. The number of hydrogen-bond acceptors (Lipinski definition) is 2. The number of hydrogen-bond donors (Lipinski definition) is 1. The quantitative estimate of drug-likeness (QED) is 0.481. The van der Waals surface area contributed by atoms with Crippen LogP contribution in [0.4, 0.5) is 5.69 Å². The Balaban J connectivity index is 2.55. The molecule has 4 nitrogen and oxygen atoms in total. The van der Waals surface area contributed by atoms with Gasteiger partial charge in [-0.3, -0.25) is 5.10 Å². The van der Waals surface area contributed by atoms with E-state index in [-0.39, 0.29) is 0 Å². The molecule has 1 heterocycles. The number of nitrogens with one attached hydrogen (secondary N) is 1. The monoisotopic (exact) mass is 138 g/mol. The van der Waals surface area contributed by atoms with E-state index in [0.717, 1.165) is 5.69 Å². The molecule has 0 radical (unpaired) electrons. The fraction of sp³-hybridized carbons (Fsp3) is 0.333. The Kier molecular flexibility index (Phi) is 2.04. The van der Waals surface area contributed by atoms with Gasteiger partial charge in [0.15, 0.2) is 0 Å². The third-order valence-corrected chi connectivity index (χ3v) is 0.922. The molecule has 1 aromatic rings. The van der Waals surface area contributed by atoms with Crippen molar-refractivity contribution in [2.24, 2.45) is 4.99 Å². The van der Waals surface area contributed by atoms with E-state index in [1.54, 1.807) is 18.7 Å². The predicted octanol–water partition coefficient (Wildman–Crippen LogP) is 0.631. The van der Waals surface area contributed by atoms with Gasteiger partial charge in [0.05, 0.1) is 12.5 Å². The van der Waals surface area contributed by atoms with Gasteiger partial charge in [-0.15, -0.1) is 0 Å². The van der Waals surface area contributed by atoms with Crippen LogP contribution in [0.2, 0.25) is 0 Å². The minimum absolute atomic E-state index is 0.841. The molecule has 10 heavy (non-hydrogen) atoms. The topological polar surface area (TPSA) is 44.3 Å². The molecule has 0 saturated carbocycles. The molecule has 1 rings (SSSR count). The summed E-state index contributed by atoms with van der Waals surface area (Å²) in [7, 11) is 3.84. The first kappa shape index (κ1) is 6.80. The smallest absolute Gasteiger partial charge is 0.102 e.